The molecule has 0 atom stereocenters. The molecule has 0 spiro atoms. The van der Waals surface area contributed by atoms with Crippen LogP contribution in [0.5, 0.6) is 11.6 Å². The van der Waals surface area contributed by atoms with Crippen LogP contribution in [0, 0.1) is 6.92 Å². The molecule has 0 fully saturated rings. The van der Waals surface area contributed by atoms with E-state index in [0.29, 0.717) is 32.8 Å². The fraction of sp³-hybridized carbons (Fsp3) is 0.160. The molecule has 0 amide bonds. The molecule has 1 aromatic carbocycles. The Kier molecular flexibility index (Phi) is 6.04. The minimum atomic E-state index is -4.16. The van der Waals surface area contributed by atoms with Gasteiger partial charge in [-0.2, -0.15) is 0 Å². The number of aliphatic carboxylic acids is 1. The Morgan fingerprint density at radius 2 is 1.84 bits per heavy atom. The third-order valence-electron chi connectivity index (χ3n) is 5.95. The fourth-order valence-corrected chi connectivity index (χ4v) is 5.89. The van der Waals surface area contributed by atoms with Crippen LogP contribution < -0.4 is 9.47 Å². The number of rotatable bonds is 7. The number of fused-ring (bicyclic) bond motifs is 2. The summed E-state index contributed by atoms with van der Waals surface area (Å²) in [6, 6.07) is 11.2. The number of carbonyl (C=O) groups is 1. The van der Waals surface area contributed by atoms with Crippen molar-refractivity contribution in [3.8, 4) is 22.9 Å². The van der Waals surface area contributed by atoms with E-state index < -0.39 is 22.5 Å². The summed E-state index contributed by atoms with van der Waals surface area (Å²) in [5.41, 5.74) is 2.33. The summed E-state index contributed by atoms with van der Waals surface area (Å²) < 4.78 is 41.2. The molecule has 0 aliphatic carbocycles. The van der Waals surface area contributed by atoms with E-state index in [1.807, 2.05) is 6.92 Å². The second kappa shape index (κ2) is 9.09. The topological polar surface area (TPSA) is 126 Å². The average molecular weight is 541 g/mol. The van der Waals surface area contributed by atoms with Gasteiger partial charge in [0.25, 0.3) is 15.9 Å². The maximum atomic E-state index is 14.0. The quantitative estimate of drug-likeness (QED) is 0.323. The lowest BCUT2D eigenvalue weighted by Gasteiger charge is -2.12. The van der Waals surface area contributed by atoms with Gasteiger partial charge >= 0.3 is 5.97 Å². The van der Waals surface area contributed by atoms with Crippen LogP contribution in [0.15, 0.2) is 59.8 Å². The van der Waals surface area contributed by atoms with Crippen molar-refractivity contribution in [2.24, 2.45) is 0 Å². The summed E-state index contributed by atoms with van der Waals surface area (Å²) in [4.78, 5) is 20.6. The Labute approximate surface area is 216 Å². The van der Waals surface area contributed by atoms with Crippen molar-refractivity contribution >= 4 is 49.7 Å². The molecule has 10 nitrogen and oxygen atoms in total. The lowest BCUT2D eigenvalue weighted by Crippen LogP contribution is -2.14. The number of aryl methyl sites for hydroxylation is 1. The Bertz CT molecular complexity index is 1790. The van der Waals surface area contributed by atoms with Crippen molar-refractivity contribution in [1.29, 1.82) is 0 Å². The molecule has 1 N–H and O–H groups in total. The SMILES string of the molecule is COc1cc2c(nc1OC)c(-c1cc3c(Cl)ccnc3n1S(=O)(=O)c1ccc(C)cc1)cn2CC(=O)O. The van der Waals surface area contributed by atoms with Gasteiger partial charge in [-0.05, 0) is 31.2 Å². The van der Waals surface area contributed by atoms with Crippen molar-refractivity contribution in [3.05, 3.63) is 65.4 Å². The molecule has 0 bridgehead atoms. The predicted molar refractivity (Wildman–Crippen MR) is 138 cm³/mol. The Balaban J connectivity index is 1.90. The number of hydrogen-bond donors (Lipinski definition) is 1. The third-order valence-corrected chi connectivity index (χ3v) is 7.99. The molecular weight excluding hydrogens is 520 g/mol. The normalized spacial score (nSPS) is 11.8. The van der Waals surface area contributed by atoms with E-state index in [-0.39, 0.29) is 22.1 Å². The van der Waals surface area contributed by atoms with E-state index in [1.165, 1.54) is 43.3 Å². The molecular formula is C25H21ClN4O6S. The number of methoxy groups -OCH3 is 2. The Morgan fingerprint density at radius 1 is 1.11 bits per heavy atom. The van der Waals surface area contributed by atoms with Crippen molar-refractivity contribution in [2.75, 3.05) is 14.2 Å². The molecule has 4 aromatic heterocycles. The third kappa shape index (κ3) is 4.05. The van der Waals surface area contributed by atoms with Crippen LogP contribution in [-0.2, 0) is 21.4 Å². The zero-order valence-electron chi connectivity index (χ0n) is 20.0. The standard InChI is InChI=1S/C25H21ClN4O6S/c1-14-4-6-15(7-5-14)37(33,34)30-19(10-16-18(26)8-9-27-24(16)30)17-12-29(13-22(31)32)20-11-21(35-2)25(36-3)28-23(17)20/h4-12H,13H2,1-3H3,(H,31,32). The number of ether oxygens (including phenoxy) is 2. The van der Waals surface area contributed by atoms with Gasteiger partial charge in [-0.1, -0.05) is 29.3 Å². The summed E-state index contributed by atoms with van der Waals surface area (Å²) in [6.07, 6.45) is 2.96. The van der Waals surface area contributed by atoms with Crippen LogP contribution in [0.1, 0.15) is 5.56 Å². The molecule has 12 heteroatoms. The minimum absolute atomic E-state index is 0.0557. The first-order chi connectivity index (χ1) is 17.6. The van der Waals surface area contributed by atoms with Crippen LogP contribution >= 0.6 is 11.6 Å². The Morgan fingerprint density at radius 3 is 2.49 bits per heavy atom. The number of aromatic nitrogens is 4. The fourth-order valence-electron chi connectivity index (χ4n) is 4.22. The van der Waals surface area contributed by atoms with Crippen LogP contribution in [0.2, 0.25) is 5.02 Å². The number of halogens is 1. The van der Waals surface area contributed by atoms with Gasteiger partial charge < -0.3 is 19.1 Å². The molecule has 190 valence electrons. The first-order valence-corrected chi connectivity index (χ1v) is 12.8. The maximum Gasteiger partial charge on any atom is 0.323 e. The molecule has 37 heavy (non-hydrogen) atoms. The van der Waals surface area contributed by atoms with Crippen molar-refractivity contribution in [3.63, 3.8) is 0 Å². The number of nitrogens with zero attached hydrogens (tertiary/aromatic N) is 4. The van der Waals surface area contributed by atoms with E-state index in [0.717, 1.165) is 9.54 Å². The molecule has 0 saturated heterocycles. The first kappa shape index (κ1) is 24.6. The average Bonchev–Trinajstić information content (AvgIpc) is 3.42. The second-order valence-electron chi connectivity index (χ2n) is 8.27. The van der Waals surface area contributed by atoms with Crippen LogP contribution in [0.3, 0.4) is 0 Å². The van der Waals surface area contributed by atoms with Gasteiger partial charge in [-0.3, -0.25) is 4.79 Å². The highest BCUT2D eigenvalue weighted by Crippen LogP contribution is 2.40. The van der Waals surface area contributed by atoms with Crippen molar-refractivity contribution in [2.45, 2.75) is 18.4 Å². The summed E-state index contributed by atoms with van der Waals surface area (Å²) >= 11 is 6.44. The highest BCUT2D eigenvalue weighted by atomic mass is 35.5. The molecule has 5 rings (SSSR count). The van der Waals surface area contributed by atoms with Crippen molar-refractivity contribution in [1.82, 2.24) is 18.5 Å². The minimum Gasteiger partial charge on any atom is -0.491 e. The van der Waals surface area contributed by atoms with Gasteiger partial charge in [0.15, 0.2) is 11.4 Å². The monoisotopic (exact) mass is 540 g/mol. The van der Waals surface area contributed by atoms with Crippen molar-refractivity contribution < 1.29 is 27.8 Å². The molecule has 0 aliphatic rings. The molecule has 0 radical (unpaired) electrons. The number of carboxylic acid groups (broad SMARTS) is 1. The first-order valence-electron chi connectivity index (χ1n) is 11.0. The summed E-state index contributed by atoms with van der Waals surface area (Å²) in [6.45, 7) is 1.47. The molecule has 5 aromatic rings. The predicted octanol–water partition coefficient (Wildman–Crippen LogP) is 4.35. The van der Waals surface area contributed by atoms with Gasteiger partial charge in [0.05, 0.1) is 35.3 Å². The van der Waals surface area contributed by atoms with Crippen LogP contribution in [0.25, 0.3) is 33.3 Å². The highest BCUT2D eigenvalue weighted by Gasteiger charge is 2.28. The number of benzene rings is 1. The molecule has 4 heterocycles. The van der Waals surface area contributed by atoms with Gasteiger partial charge in [-0.15, -0.1) is 0 Å². The second-order valence-corrected chi connectivity index (χ2v) is 10.5. The lowest BCUT2D eigenvalue weighted by molar-refractivity contribution is -0.137. The number of pyridine rings is 2. The lowest BCUT2D eigenvalue weighted by atomic mass is 10.2. The Hall–Kier alpha value is -4.09. The maximum absolute atomic E-state index is 14.0. The summed E-state index contributed by atoms with van der Waals surface area (Å²) in [7, 11) is -1.29. The molecule has 0 aliphatic heterocycles. The molecule has 0 unspecified atom stereocenters. The largest absolute Gasteiger partial charge is 0.491 e. The van der Waals surface area contributed by atoms with Gasteiger partial charge in [0.2, 0.25) is 0 Å². The van der Waals surface area contributed by atoms with E-state index in [1.54, 1.807) is 30.3 Å². The zero-order valence-corrected chi connectivity index (χ0v) is 21.5. The number of hydrogen-bond acceptors (Lipinski definition) is 7. The van der Waals surface area contributed by atoms with E-state index >= 15 is 0 Å². The van der Waals surface area contributed by atoms with E-state index in [2.05, 4.69) is 9.97 Å². The van der Waals surface area contributed by atoms with E-state index in [9.17, 15) is 18.3 Å². The number of carboxylic acids is 1. The summed E-state index contributed by atoms with van der Waals surface area (Å²) in [5.74, 6) is -0.635. The van der Waals surface area contributed by atoms with Gasteiger partial charge in [0, 0.05) is 29.4 Å². The highest BCUT2D eigenvalue weighted by molar-refractivity contribution is 7.90. The zero-order chi connectivity index (χ0) is 26.5. The van der Waals surface area contributed by atoms with Gasteiger partial charge in [-0.25, -0.2) is 22.4 Å². The smallest absolute Gasteiger partial charge is 0.323 e. The summed E-state index contributed by atoms with van der Waals surface area (Å²) in [5, 5.41) is 10.2. The van der Waals surface area contributed by atoms with Gasteiger partial charge in [0.1, 0.15) is 12.1 Å². The van der Waals surface area contributed by atoms with E-state index in [4.69, 9.17) is 21.1 Å². The van der Waals surface area contributed by atoms with Crippen LogP contribution in [-0.4, -0.2) is 52.2 Å². The molecule has 0 saturated carbocycles. The van der Waals surface area contributed by atoms with Crippen LogP contribution in [0.4, 0.5) is 0 Å².